The minimum Gasteiger partial charge on any atom is -0.288 e. The van der Waals surface area contributed by atoms with Crippen molar-refractivity contribution < 1.29 is 21.6 Å². The fourth-order valence-corrected chi connectivity index (χ4v) is 2.13. The highest BCUT2D eigenvalue weighted by atomic mass is 32.2. The first-order valence-corrected chi connectivity index (χ1v) is 6.59. The SMILES string of the molecule is CC(=N)NS(=O)(=O)C=Cc1ccccc1C(F)(F)F. The Kier molecular flexibility index (Phi) is 4.35. The normalized spacial score (nSPS) is 12.6. The number of benzene rings is 1. The van der Waals surface area contributed by atoms with Crippen LogP contribution in [-0.2, 0) is 16.2 Å². The molecule has 0 aliphatic heterocycles. The third-order valence-electron chi connectivity index (χ3n) is 1.99. The summed E-state index contributed by atoms with van der Waals surface area (Å²) in [7, 11) is -3.96. The molecular formula is C11H11F3N2O2S. The second kappa shape index (κ2) is 5.43. The fraction of sp³-hybridized carbons (Fsp3) is 0.182. The van der Waals surface area contributed by atoms with E-state index in [0.29, 0.717) is 5.41 Å². The number of hydrogen-bond acceptors (Lipinski definition) is 3. The number of hydrogen-bond donors (Lipinski definition) is 2. The van der Waals surface area contributed by atoms with Crippen LogP contribution >= 0.6 is 0 Å². The van der Waals surface area contributed by atoms with E-state index in [9.17, 15) is 21.6 Å². The van der Waals surface area contributed by atoms with E-state index in [0.717, 1.165) is 18.2 Å². The Morgan fingerprint density at radius 1 is 1.32 bits per heavy atom. The van der Waals surface area contributed by atoms with Crippen molar-refractivity contribution in [2.45, 2.75) is 13.1 Å². The highest BCUT2D eigenvalue weighted by Gasteiger charge is 2.32. The highest BCUT2D eigenvalue weighted by Crippen LogP contribution is 2.32. The van der Waals surface area contributed by atoms with Crippen molar-refractivity contribution >= 4 is 21.9 Å². The van der Waals surface area contributed by atoms with Gasteiger partial charge < -0.3 is 0 Å². The Morgan fingerprint density at radius 3 is 2.42 bits per heavy atom. The molecule has 0 radical (unpaired) electrons. The summed E-state index contributed by atoms with van der Waals surface area (Å²) < 4.78 is 62.5. The molecule has 1 rings (SSSR count). The van der Waals surface area contributed by atoms with Gasteiger partial charge in [0.05, 0.1) is 11.0 Å². The maximum atomic E-state index is 12.6. The topological polar surface area (TPSA) is 70.0 Å². The number of amidine groups is 1. The molecule has 4 nitrogen and oxygen atoms in total. The van der Waals surface area contributed by atoms with Crippen LogP contribution in [-0.4, -0.2) is 14.3 Å². The molecule has 0 aliphatic rings. The molecule has 0 bridgehead atoms. The first-order valence-electron chi connectivity index (χ1n) is 5.04. The molecular weight excluding hydrogens is 281 g/mol. The quantitative estimate of drug-likeness (QED) is 0.664. The van der Waals surface area contributed by atoms with E-state index < -0.39 is 21.8 Å². The minimum atomic E-state index is -4.56. The Hall–Kier alpha value is -1.83. The number of sulfonamides is 1. The monoisotopic (exact) mass is 292 g/mol. The van der Waals surface area contributed by atoms with Crippen molar-refractivity contribution in [1.29, 1.82) is 5.41 Å². The molecule has 0 saturated carbocycles. The first kappa shape index (κ1) is 15.2. The van der Waals surface area contributed by atoms with E-state index in [1.54, 1.807) is 0 Å². The predicted octanol–water partition coefficient (Wildman–Crippen LogP) is 2.59. The smallest absolute Gasteiger partial charge is 0.288 e. The van der Waals surface area contributed by atoms with Gasteiger partial charge in [0.15, 0.2) is 0 Å². The van der Waals surface area contributed by atoms with Gasteiger partial charge in [0.25, 0.3) is 10.0 Å². The third-order valence-corrected chi connectivity index (χ3v) is 3.07. The number of rotatable bonds is 3. The summed E-state index contributed by atoms with van der Waals surface area (Å²) >= 11 is 0. The van der Waals surface area contributed by atoms with Crippen molar-refractivity contribution in [2.24, 2.45) is 0 Å². The van der Waals surface area contributed by atoms with Crippen LogP contribution in [0.4, 0.5) is 13.2 Å². The lowest BCUT2D eigenvalue weighted by molar-refractivity contribution is -0.137. The Labute approximate surface area is 108 Å². The van der Waals surface area contributed by atoms with Gasteiger partial charge in [-0.1, -0.05) is 18.2 Å². The maximum absolute atomic E-state index is 12.6. The van der Waals surface area contributed by atoms with E-state index in [1.165, 1.54) is 19.1 Å². The van der Waals surface area contributed by atoms with Gasteiger partial charge in [0.2, 0.25) is 0 Å². The summed E-state index contributed by atoms with van der Waals surface area (Å²) in [6.07, 6.45) is -3.72. The molecule has 0 saturated heterocycles. The van der Waals surface area contributed by atoms with Crippen molar-refractivity contribution in [2.75, 3.05) is 0 Å². The Morgan fingerprint density at radius 2 is 1.89 bits per heavy atom. The average Bonchev–Trinajstić information content (AvgIpc) is 2.24. The van der Waals surface area contributed by atoms with Crippen LogP contribution in [0.1, 0.15) is 18.1 Å². The maximum Gasteiger partial charge on any atom is 0.416 e. The van der Waals surface area contributed by atoms with E-state index in [-0.39, 0.29) is 11.4 Å². The van der Waals surface area contributed by atoms with E-state index >= 15 is 0 Å². The molecule has 104 valence electrons. The van der Waals surface area contributed by atoms with E-state index in [2.05, 4.69) is 0 Å². The van der Waals surface area contributed by atoms with Crippen molar-refractivity contribution in [3.63, 3.8) is 0 Å². The second-order valence-electron chi connectivity index (χ2n) is 3.66. The van der Waals surface area contributed by atoms with Crippen LogP contribution in [0, 0.1) is 5.41 Å². The van der Waals surface area contributed by atoms with Gasteiger partial charge in [-0.25, -0.2) is 8.42 Å². The van der Waals surface area contributed by atoms with E-state index in [4.69, 9.17) is 5.41 Å². The molecule has 0 spiro atoms. The Balaban J connectivity index is 3.11. The van der Waals surface area contributed by atoms with Crippen molar-refractivity contribution in [3.8, 4) is 0 Å². The molecule has 8 heteroatoms. The van der Waals surface area contributed by atoms with Crippen LogP contribution in [0.5, 0.6) is 0 Å². The summed E-state index contributed by atoms with van der Waals surface area (Å²) in [6.45, 7) is 1.20. The van der Waals surface area contributed by atoms with Crippen LogP contribution in [0.3, 0.4) is 0 Å². The standard InChI is InChI=1S/C11H11F3N2O2S/c1-8(15)16-19(17,18)7-6-9-4-2-3-5-10(9)11(12,13)14/h2-7H,1H3,(H2,15,16). The highest BCUT2D eigenvalue weighted by molar-refractivity contribution is 7.93. The molecule has 0 heterocycles. The lowest BCUT2D eigenvalue weighted by Gasteiger charge is -2.09. The largest absolute Gasteiger partial charge is 0.416 e. The van der Waals surface area contributed by atoms with Crippen LogP contribution in [0.15, 0.2) is 29.7 Å². The van der Waals surface area contributed by atoms with Gasteiger partial charge in [-0.2, -0.15) is 13.2 Å². The summed E-state index contributed by atoms with van der Waals surface area (Å²) in [5.74, 6) is -0.325. The van der Waals surface area contributed by atoms with Gasteiger partial charge in [0, 0.05) is 0 Å². The van der Waals surface area contributed by atoms with E-state index in [1.807, 2.05) is 4.72 Å². The zero-order valence-electron chi connectivity index (χ0n) is 9.82. The predicted molar refractivity (Wildman–Crippen MR) is 65.9 cm³/mol. The van der Waals surface area contributed by atoms with Crippen molar-refractivity contribution in [3.05, 3.63) is 40.8 Å². The van der Waals surface area contributed by atoms with Gasteiger partial charge in [-0.05, 0) is 24.6 Å². The average molecular weight is 292 g/mol. The fourth-order valence-electron chi connectivity index (χ4n) is 1.31. The molecule has 0 aromatic heterocycles. The molecule has 2 N–H and O–H groups in total. The van der Waals surface area contributed by atoms with Gasteiger partial charge >= 0.3 is 6.18 Å². The Bertz CT molecular complexity index is 607. The number of nitrogens with one attached hydrogen (secondary N) is 2. The first-order chi connectivity index (χ1) is 8.62. The second-order valence-corrected chi connectivity index (χ2v) is 5.23. The summed E-state index contributed by atoms with van der Waals surface area (Å²) in [6, 6.07) is 4.61. The van der Waals surface area contributed by atoms with Crippen LogP contribution < -0.4 is 4.72 Å². The number of halogens is 3. The third kappa shape index (κ3) is 4.74. The molecule has 0 aliphatic carbocycles. The van der Waals surface area contributed by atoms with Crippen LogP contribution in [0.25, 0.3) is 6.08 Å². The molecule has 19 heavy (non-hydrogen) atoms. The number of alkyl halides is 3. The zero-order chi connectivity index (χ0) is 14.7. The lowest BCUT2D eigenvalue weighted by atomic mass is 10.1. The molecule has 1 aromatic carbocycles. The lowest BCUT2D eigenvalue weighted by Crippen LogP contribution is -2.25. The molecule has 0 amide bonds. The molecule has 0 atom stereocenters. The van der Waals surface area contributed by atoms with Gasteiger partial charge in [-0.3, -0.25) is 10.1 Å². The summed E-state index contributed by atoms with van der Waals surface area (Å²) in [5, 5.41) is 7.56. The minimum absolute atomic E-state index is 0.261. The molecule has 1 aromatic rings. The zero-order valence-corrected chi connectivity index (χ0v) is 10.6. The molecule has 0 fully saturated rings. The van der Waals surface area contributed by atoms with Crippen molar-refractivity contribution in [1.82, 2.24) is 4.72 Å². The van der Waals surface area contributed by atoms with Gasteiger partial charge in [0.1, 0.15) is 5.84 Å². The van der Waals surface area contributed by atoms with Gasteiger partial charge in [-0.15, -0.1) is 0 Å². The summed E-state index contributed by atoms with van der Waals surface area (Å²) in [4.78, 5) is 0. The summed E-state index contributed by atoms with van der Waals surface area (Å²) in [5.41, 5.74) is -1.18. The van der Waals surface area contributed by atoms with Crippen LogP contribution in [0.2, 0.25) is 0 Å². The molecule has 0 unspecified atom stereocenters.